The summed E-state index contributed by atoms with van der Waals surface area (Å²) in [7, 11) is 0. The molecule has 0 aromatic heterocycles. The largest absolute Gasteiger partial charge is 0.379 e. The Morgan fingerprint density at radius 2 is 1.91 bits per heavy atom. The Morgan fingerprint density at radius 3 is 2.36 bits per heavy atom. The maximum atomic E-state index is 8.97. The summed E-state index contributed by atoms with van der Waals surface area (Å²) in [5, 5.41) is 12.0. The zero-order valence-electron chi connectivity index (χ0n) is 7.93. The second kappa shape index (κ2) is 6.62. The van der Waals surface area contributed by atoms with Crippen molar-refractivity contribution < 1.29 is 5.11 Å². The van der Waals surface area contributed by atoms with E-state index in [9.17, 15) is 0 Å². The van der Waals surface area contributed by atoms with Crippen LogP contribution in [0, 0.1) is 0 Å². The molecule has 2 atom stereocenters. The van der Waals surface area contributed by atoms with Crippen molar-refractivity contribution in [1.29, 1.82) is 0 Å². The molecule has 68 valence electrons. The predicted octanol–water partition coefficient (Wildman–Crippen LogP) is 1.88. The third-order valence-electron chi connectivity index (χ3n) is 1.77. The van der Waals surface area contributed by atoms with Gasteiger partial charge >= 0.3 is 0 Å². The lowest BCUT2D eigenvalue weighted by atomic mass is 10.1. The Labute approximate surface area is 70.0 Å². The highest BCUT2D eigenvalue weighted by atomic mass is 16.3. The van der Waals surface area contributed by atoms with Crippen LogP contribution in [0.15, 0.2) is 0 Å². The first-order valence-electron chi connectivity index (χ1n) is 4.61. The summed E-state index contributed by atoms with van der Waals surface area (Å²) in [5.74, 6) is 0. The van der Waals surface area contributed by atoms with Gasteiger partial charge in [0.05, 0.1) is 0 Å². The molecule has 0 bridgehead atoms. The van der Waals surface area contributed by atoms with Gasteiger partial charge in [0.1, 0.15) is 6.23 Å². The van der Waals surface area contributed by atoms with Gasteiger partial charge in [0.25, 0.3) is 0 Å². The fourth-order valence-electron chi connectivity index (χ4n) is 1.20. The van der Waals surface area contributed by atoms with Crippen LogP contribution in [0.1, 0.15) is 46.5 Å². The number of aliphatic hydroxyl groups is 1. The summed E-state index contributed by atoms with van der Waals surface area (Å²) in [6, 6.07) is 0.446. The average Bonchev–Trinajstić information content (AvgIpc) is 1.86. The molecule has 0 aliphatic carbocycles. The van der Waals surface area contributed by atoms with E-state index in [2.05, 4.69) is 19.2 Å². The van der Waals surface area contributed by atoms with Crippen molar-refractivity contribution in [3.05, 3.63) is 0 Å². The van der Waals surface area contributed by atoms with E-state index in [0.29, 0.717) is 6.04 Å². The van der Waals surface area contributed by atoms with Crippen LogP contribution < -0.4 is 5.32 Å². The number of rotatable bonds is 6. The Kier molecular flexibility index (Phi) is 6.57. The zero-order chi connectivity index (χ0) is 8.69. The summed E-state index contributed by atoms with van der Waals surface area (Å²) in [5.41, 5.74) is 0. The van der Waals surface area contributed by atoms with Crippen LogP contribution >= 0.6 is 0 Å². The van der Waals surface area contributed by atoms with E-state index in [-0.39, 0.29) is 6.23 Å². The maximum absolute atomic E-state index is 8.97. The highest BCUT2D eigenvalue weighted by Crippen LogP contribution is 2.02. The second-order valence-electron chi connectivity index (χ2n) is 3.24. The van der Waals surface area contributed by atoms with Crippen LogP contribution in [0.4, 0.5) is 0 Å². The van der Waals surface area contributed by atoms with Gasteiger partial charge in [-0.3, -0.25) is 5.32 Å². The van der Waals surface area contributed by atoms with E-state index in [0.717, 1.165) is 0 Å². The van der Waals surface area contributed by atoms with Crippen LogP contribution in [0.3, 0.4) is 0 Å². The van der Waals surface area contributed by atoms with Gasteiger partial charge in [-0.1, -0.05) is 26.2 Å². The molecule has 0 amide bonds. The van der Waals surface area contributed by atoms with E-state index < -0.39 is 0 Å². The Morgan fingerprint density at radius 1 is 1.27 bits per heavy atom. The van der Waals surface area contributed by atoms with Gasteiger partial charge in [-0.25, -0.2) is 0 Å². The number of hydrogen-bond acceptors (Lipinski definition) is 2. The molecule has 0 saturated carbocycles. The molecule has 0 rings (SSSR count). The normalized spacial score (nSPS) is 16.4. The molecule has 0 saturated heterocycles. The Hall–Kier alpha value is -0.0800. The minimum atomic E-state index is -0.369. The van der Waals surface area contributed by atoms with Crippen molar-refractivity contribution in [2.24, 2.45) is 0 Å². The molecule has 0 spiro atoms. The molecule has 2 unspecified atom stereocenters. The first kappa shape index (κ1) is 10.9. The van der Waals surface area contributed by atoms with Crippen LogP contribution in [-0.2, 0) is 0 Å². The van der Waals surface area contributed by atoms with E-state index in [4.69, 9.17) is 5.11 Å². The molecule has 0 aromatic rings. The molecule has 2 heteroatoms. The third-order valence-corrected chi connectivity index (χ3v) is 1.77. The molecule has 0 fully saturated rings. The fraction of sp³-hybridized carbons (Fsp3) is 1.00. The molecule has 0 aliphatic heterocycles. The molecule has 2 N–H and O–H groups in total. The van der Waals surface area contributed by atoms with Crippen LogP contribution in [0.25, 0.3) is 0 Å². The monoisotopic (exact) mass is 159 g/mol. The van der Waals surface area contributed by atoms with E-state index in [1.54, 1.807) is 6.92 Å². The van der Waals surface area contributed by atoms with Gasteiger partial charge in [-0.2, -0.15) is 0 Å². The molecular weight excluding hydrogens is 138 g/mol. The van der Waals surface area contributed by atoms with Crippen molar-refractivity contribution in [2.75, 3.05) is 0 Å². The van der Waals surface area contributed by atoms with Crippen molar-refractivity contribution in [3.63, 3.8) is 0 Å². The molecule has 2 nitrogen and oxygen atoms in total. The van der Waals surface area contributed by atoms with Gasteiger partial charge in [0.15, 0.2) is 0 Å². The second-order valence-corrected chi connectivity index (χ2v) is 3.24. The van der Waals surface area contributed by atoms with Gasteiger partial charge in [0, 0.05) is 6.04 Å². The van der Waals surface area contributed by atoms with Crippen molar-refractivity contribution in [2.45, 2.75) is 58.7 Å². The quantitative estimate of drug-likeness (QED) is 0.458. The Bertz CT molecular complexity index is 83.6. The van der Waals surface area contributed by atoms with Crippen molar-refractivity contribution in [1.82, 2.24) is 5.32 Å². The minimum Gasteiger partial charge on any atom is -0.379 e. The lowest BCUT2D eigenvalue weighted by Gasteiger charge is -2.15. The standard InChI is InChI=1S/C9H21NO/c1-4-5-6-7-8(2)10-9(3)11/h8-11H,4-7H2,1-3H3. The maximum Gasteiger partial charge on any atom is 0.102 e. The van der Waals surface area contributed by atoms with Gasteiger partial charge in [0.2, 0.25) is 0 Å². The summed E-state index contributed by atoms with van der Waals surface area (Å²) in [6.07, 6.45) is 4.62. The zero-order valence-corrected chi connectivity index (χ0v) is 7.93. The molecule has 11 heavy (non-hydrogen) atoms. The van der Waals surface area contributed by atoms with Gasteiger partial charge < -0.3 is 5.11 Å². The number of aliphatic hydroxyl groups excluding tert-OH is 1. The summed E-state index contributed by atoms with van der Waals surface area (Å²) in [6.45, 7) is 6.07. The number of hydrogen-bond donors (Lipinski definition) is 2. The lowest BCUT2D eigenvalue weighted by Crippen LogP contribution is -2.33. The van der Waals surface area contributed by atoms with Gasteiger partial charge in [-0.05, 0) is 20.3 Å². The van der Waals surface area contributed by atoms with E-state index >= 15 is 0 Å². The highest BCUT2D eigenvalue weighted by Gasteiger charge is 2.02. The van der Waals surface area contributed by atoms with Gasteiger partial charge in [-0.15, -0.1) is 0 Å². The molecule has 0 aliphatic rings. The number of unbranched alkanes of at least 4 members (excludes halogenated alkanes) is 2. The summed E-state index contributed by atoms with van der Waals surface area (Å²) >= 11 is 0. The van der Waals surface area contributed by atoms with Crippen LogP contribution in [0.5, 0.6) is 0 Å². The molecule has 0 heterocycles. The SMILES string of the molecule is CCCCCC(C)NC(C)O. The lowest BCUT2D eigenvalue weighted by molar-refractivity contribution is 0.141. The van der Waals surface area contributed by atoms with Crippen LogP contribution in [-0.4, -0.2) is 17.4 Å². The van der Waals surface area contributed by atoms with Crippen molar-refractivity contribution >= 4 is 0 Å². The van der Waals surface area contributed by atoms with Crippen molar-refractivity contribution in [3.8, 4) is 0 Å². The topological polar surface area (TPSA) is 32.3 Å². The molecular formula is C9H21NO. The molecule has 0 aromatic carbocycles. The number of nitrogens with one attached hydrogen (secondary N) is 1. The summed E-state index contributed by atoms with van der Waals surface area (Å²) in [4.78, 5) is 0. The van der Waals surface area contributed by atoms with E-state index in [1.807, 2.05) is 0 Å². The highest BCUT2D eigenvalue weighted by molar-refractivity contribution is 4.60. The first-order valence-corrected chi connectivity index (χ1v) is 4.61. The average molecular weight is 159 g/mol. The predicted molar refractivity (Wildman–Crippen MR) is 48.4 cm³/mol. The Balaban J connectivity index is 3.15. The fourth-order valence-corrected chi connectivity index (χ4v) is 1.20. The minimum absolute atomic E-state index is 0.369. The smallest absolute Gasteiger partial charge is 0.102 e. The van der Waals surface area contributed by atoms with E-state index in [1.165, 1.54) is 25.7 Å². The summed E-state index contributed by atoms with van der Waals surface area (Å²) < 4.78 is 0. The van der Waals surface area contributed by atoms with Crippen LogP contribution in [0.2, 0.25) is 0 Å². The first-order chi connectivity index (χ1) is 5.16. The molecule has 0 radical (unpaired) electrons. The third kappa shape index (κ3) is 7.82.